The average molecular weight is 209 g/mol. The number of allylic oxidation sites excluding steroid dienone is 2. The van der Waals surface area contributed by atoms with Crippen LogP contribution in [0.4, 0.5) is 0 Å². The Morgan fingerprint density at radius 3 is 2.20 bits per heavy atom. The van der Waals surface area contributed by atoms with Crippen LogP contribution in [0.15, 0.2) is 11.6 Å². The van der Waals surface area contributed by atoms with E-state index in [1.807, 2.05) is 6.08 Å². The third-order valence-electron chi connectivity index (χ3n) is 3.09. The van der Waals surface area contributed by atoms with Crippen molar-refractivity contribution in [2.24, 2.45) is 11.8 Å². The Morgan fingerprint density at radius 1 is 1.07 bits per heavy atom. The molecule has 0 heterocycles. The van der Waals surface area contributed by atoms with Crippen LogP contribution in [0.3, 0.4) is 0 Å². The van der Waals surface area contributed by atoms with Gasteiger partial charge in [0.1, 0.15) is 0 Å². The van der Waals surface area contributed by atoms with Crippen molar-refractivity contribution in [3.63, 3.8) is 0 Å². The van der Waals surface area contributed by atoms with E-state index in [0.29, 0.717) is 0 Å². The number of hydrogen-bond donors (Lipinski definition) is 0. The second-order valence-electron chi connectivity index (χ2n) is 5.37. The second kappa shape index (κ2) is 9.00. The van der Waals surface area contributed by atoms with Crippen molar-refractivity contribution < 1.29 is 0 Å². The van der Waals surface area contributed by atoms with Gasteiger partial charge in [0.15, 0.2) is 0 Å². The summed E-state index contributed by atoms with van der Waals surface area (Å²) < 4.78 is 0. The van der Waals surface area contributed by atoms with Gasteiger partial charge in [-0.3, -0.25) is 0 Å². The maximum Gasteiger partial charge on any atom is -0.0313 e. The molecule has 0 fully saturated rings. The summed E-state index contributed by atoms with van der Waals surface area (Å²) in [5.41, 5.74) is 1.43. The van der Waals surface area contributed by atoms with Crippen molar-refractivity contribution >= 4 is 0 Å². The minimum absolute atomic E-state index is 0.869. The molecular weight excluding hydrogens is 180 g/mol. The fourth-order valence-corrected chi connectivity index (χ4v) is 1.85. The summed E-state index contributed by atoms with van der Waals surface area (Å²) in [7, 11) is 0. The SMILES string of the molecule is [CH2]/C=C(\C)CCCC(C)CCCC(C)C. The van der Waals surface area contributed by atoms with Crippen LogP contribution >= 0.6 is 0 Å². The number of rotatable bonds is 8. The van der Waals surface area contributed by atoms with Crippen molar-refractivity contribution in [3.8, 4) is 0 Å². The predicted molar refractivity (Wildman–Crippen MR) is 70.8 cm³/mol. The van der Waals surface area contributed by atoms with Gasteiger partial charge in [-0.2, -0.15) is 0 Å². The highest BCUT2D eigenvalue weighted by atomic mass is 14.1. The Labute approximate surface area is 97.2 Å². The summed E-state index contributed by atoms with van der Waals surface area (Å²) in [6.45, 7) is 13.0. The largest absolute Gasteiger partial charge is 0.0853 e. The van der Waals surface area contributed by atoms with E-state index in [4.69, 9.17) is 0 Å². The maximum atomic E-state index is 3.79. The Balaban J connectivity index is 3.37. The van der Waals surface area contributed by atoms with E-state index in [1.165, 1.54) is 44.1 Å². The van der Waals surface area contributed by atoms with Gasteiger partial charge < -0.3 is 0 Å². The zero-order valence-corrected chi connectivity index (χ0v) is 11.2. The minimum Gasteiger partial charge on any atom is -0.0853 e. The lowest BCUT2D eigenvalue weighted by Crippen LogP contribution is -1.97. The fraction of sp³-hybridized carbons (Fsp3) is 0.800. The molecule has 15 heavy (non-hydrogen) atoms. The van der Waals surface area contributed by atoms with Gasteiger partial charge in [-0.05, 0) is 38.5 Å². The van der Waals surface area contributed by atoms with E-state index in [9.17, 15) is 0 Å². The summed E-state index contributed by atoms with van der Waals surface area (Å²) in [4.78, 5) is 0. The van der Waals surface area contributed by atoms with E-state index in [-0.39, 0.29) is 0 Å². The van der Waals surface area contributed by atoms with E-state index in [1.54, 1.807) is 0 Å². The van der Waals surface area contributed by atoms with Crippen LogP contribution in [0.1, 0.15) is 66.2 Å². The second-order valence-corrected chi connectivity index (χ2v) is 5.37. The molecule has 0 aromatic heterocycles. The van der Waals surface area contributed by atoms with Crippen molar-refractivity contribution in [2.45, 2.75) is 66.2 Å². The molecule has 0 aliphatic rings. The molecule has 0 heteroatoms. The summed E-state index contributed by atoms with van der Waals surface area (Å²) in [6.07, 6.45) is 10.1. The Morgan fingerprint density at radius 2 is 1.67 bits per heavy atom. The molecule has 0 bridgehead atoms. The third-order valence-corrected chi connectivity index (χ3v) is 3.09. The molecule has 0 N–H and O–H groups in total. The van der Waals surface area contributed by atoms with E-state index >= 15 is 0 Å². The molecule has 1 radical (unpaired) electrons. The summed E-state index contributed by atoms with van der Waals surface area (Å²) in [5, 5.41) is 0. The highest BCUT2D eigenvalue weighted by Gasteiger charge is 2.03. The van der Waals surface area contributed by atoms with Gasteiger partial charge in [0, 0.05) is 0 Å². The van der Waals surface area contributed by atoms with Gasteiger partial charge in [0.05, 0.1) is 0 Å². The lowest BCUT2D eigenvalue weighted by atomic mass is 9.94. The molecule has 1 unspecified atom stereocenters. The van der Waals surface area contributed by atoms with Gasteiger partial charge in [0.2, 0.25) is 0 Å². The van der Waals surface area contributed by atoms with Crippen LogP contribution in [-0.2, 0) is 0 Å². The highest BCUT2D eigenvalue weighted by molar-refractivity contribution is 4.99. The van der Waals surface area contributed by atoms with Crippen LogP contribution in [-0.4, -0.2) is 0 Å². The van der Waals surface area contributed by atoms with E-state index < -0.39 is 0 Å². The molecule has 0 aromatic carbocycles. The normalized spacial score (nSPS) is 14.7. The predicted octanol–water partition coefficient (Wildman–Crippen LogP) is 5.40. The van der Waals surface area contributed by atoms with Crippen molar-refractivity contribution in [1.29, 1.82) is 0 Å². The first-order chi connectivity index (χ1) is 7.06. The molecule has 0 aliphatic carbocycles. The zero-order chi connectivity index (χ0) is 11.7. The summed E-state index contributed by atoms with van der Waals surface area (Å²) in [5.74, 6) is 1.77. The van der Waals surface area contributed by atoms with Crippen molar-refractivity contribution in [2.75, 3.05) is 0 Å². The smallest absolute Gasteiger partial charge is 0.0313 e. The quantitative estimate of drug-likeness (QED) is 0.502. The molecule has 0 spiro atoms. The monoisotopic (exact) mass is 209 g/mol. The maximum absolute atomic E-state index is 3.79. The Hall–Kier alpha value is -0.260. The third kappa shape index (κ3) is 10.0. The zero-order valence-electron chi connectivity index (χ0n) is 11.2. The Bertz CT molecular complexity index is 165. The van der Waals surface area contributed by atoms with Gasteiger partial charge >= 0.3 is 0 Å². The summed E-state index contributed by atoms with van der Waals surface area (Å²) in [6, 6.07) is 0. The molecule has 0 rings (SSSR count). The molecule has 0 amide bonds. The molecular formula is C15H29. The first-order valence-electron chi connectivity index (χ1n) is 6.51. The van der Waals surface area contributed by atoms with Crippen LogP contribution in [0, 0.1) is 18.8 Å². The van der Waals surface area contributed by atoms with Gasteiger partial charge in [-0.1, -0.05) is 58.1 Å². The van der Waals surface area contributed by atoms with Gasteiger partial charge in [0.25, 0.3) is 0 Å². The first-order valence-corrected chi connectivity index (χ1v) is 6.51. The summed E-state index contributed by atoms with van der Waals surface area (Å²) >= 11 is 0. The van der Waals surface area contributed by atoms with Crippen LogP contribution in [0.25, 0.3) is 0 Å². The molecule has 0 saturated carbocycles. The molecule has 0 saturated heterocycles. The molecule has 0 aromatic rings. The topological polar surface area (TPSA) is 0 Å². The van der Waals surface area contributed by atoms with Crippen LogP contribution in [0.5, 0.6) is 0 Å². The fourth-order valence-electron chi connectivity index (χ4n) is 1.85. The minimum atomic E-state index is 0.869. The molecule has 0 aliphatic heterocycles. The van der Waals surface area contributed by atoms with Gasteiger partial charge in [-0.25, -0.2) is 0 Å². The molecule has 89 valence electrons. The molecule has 0 nitrogen and oxygen atoms in total. The van der Waals surface area contributed by atoms with Gasteiger partial charge in [-0.15, -0.1) is 0 Å². The van der Waals surface area contributed by atoms with Crippen molar-refractivity contribution in [1.82, 2.24) is 0 Å². The number of hydrogen-bond acceptors (Lipinski definition) is 0. The first kappa shape index (κ1) is 14.7. The average Bonchev–Trinajstić information content (AvgIpc) is 2.17. The standard InChI is InChI=1S/C15H29/c1-6-14(4)10-8-12-15(5)11-7-9-13(2)3/h6,13,15H,1,7-12H2,2-5H3/b14-6+. The van der Waals surface area contributed by atoms with Crippen LogP contribution in [0.2, 0.25) is 0 Å². The van der Waals surface area contributed by atoms with Crippen molar-refractivity contribution in [3.05, 3.63) is 18.6 Å². The van der Waals surface area contributed by atoms with E-state index in [2.05, 4.69) is 34.6 Å². The Kier molecular flexibility index (Phi) is 8.85. The molecule has 1 atom stereocenters. The van der Waals surface area contributed by atoms with E-state index in [0.717, 1.165) is 11.8 Å². The lowest BCUT2D eigenvalue weighted by Gasteiger charge is -2.12. The lowest BCUT2D eigenvalue weighted by molar-refractivity contribution is 0.427. The highest BCUT2D eigenvalue weighted by Crippen LogP contribution is 2.18. The van der Waals surface area contributed by atoms with Crippen LogP contribution < -0.4 is 0 Å².